The van der Waals surface area contributed by atoms with Gasteiger partial charge in [-0.25, -0.2) is 0 Å². The Hall–Kier alpha value is -2.28. The molecular weight excluding hydrogens is 448 g/mol. The summed E-state index contributed by atoms with van der Waals surface area (Å²) in [5, 5.41) is -0.453. The van der Waals surface area contributed by atoms with Crippen molar-refractivity contribution < 1.29 is 23.9 Å². The van der Waals surface area contributed by atoms with Gasteiger partial charge in [0.1, 0.15) is 18.9 Å². The van der Waals surface area contributed by atoms with Gasteiger partial charge in [-0.05, 0) is 51.5 Å². The van der Waals surface area contributed by atoms with E-state index in [1.165, 1.54) is 0 Å². The van der Waals surface area contributed by atoms with Gasteiger partial charge < -0.3 is 14.4 Å². The molecule has 2 heterocycles. The minimum Gasteiger partial charge on any atom is -0.480 e. The van der Waals surface area contributed by atoms with Crippen LogP contribution in [0.1, 0.15) is 5.56 Å². The maximum Gasteiger partial charge on any atom is 0.294 e. The van der Waals surface area contributed by atoms with Crippen molar-refractivity contribution in [2.24, 2.45) is 0 Å². The van der Waals surface area contributed by atoms with Gasteiger partial charge in [0, 0.05) is 13.1 Å². The van der Waals surface area contributed by atoms with Gasteiger partial charge in [-0.2, -0.15) is 0 Å². The number of hydrogen-bond acceptors (Lipinski definition) is 6. The molecule has 28 heavy (non-hydrogen) atoms. The van der Waals surface area contributed by atoms with Crippen LogP contribution in [0.25, 0.3) is 6.08 Å². The van der Waals surface area contributed by atoms with Gasteiger partial charge >= 0.3 is 0 Å². The number of hydrogen-bond donors (Lipinski definition) is 0. The van der Waals surface area contributed by atoms with Crippen LogP contribution in [0, 0.1) is 12.3 Å². The Morgan fingerprint density at radius 1 is 1.36 bits per heavy atom. The summed E-state index contributed by atoms with van der Waals surface area (Å²) in [6, 6.07) is 5.24. The number of benzene rings is 1. The Bertz CT molecular complexity index is 874. The van der Waals surface area contributed by atoms with Gasteiger partial charge in [0.2, 0.25) is 5.91 Å². The third-order valence-electron chi connectivity index (χ3n) is 4.10. The molecule has 0 saturated carbocycles. The summed E-state index contributed by atoms with van der Waals surface area (Å²) < 4.78 is 11.3. The zero-order valence-corrected chi connectivity index (χ0v) is 17.3. The van der Waals surface area contributed by atoms with Gasteiger partial charge in [-0.3, -0.25) is 19.3 Å². The Labute approximate surface area is 175 Å². The summed E-state index contributed by atoms with van der Waals surface area (Å²) in [6.45, 7) is 1.74. The van der Waals surface area contributed by atoms with E-state index in [2.05, 4.69) is 21.9 Å². The summed E-state index contributed by atoms with van der Waals surface area (Å²) in [5.41, 5.74) is 0.713. The van der Waals surface area contributed by atoms with E-state index < -0.39 is 11.1 Å². The molecule has 3 rings (SSSR count). The largest absolute Gasteiger partial charge is 0.480 e. The number of halogens is 1. The van der Waals surface area contributed by atoms with Crippen molar-refractivity contribution in [1.29, 1.82) is 0 Å². The van der Waals surface area contributed by atoms with Gasteiger partial charge in [-0.1, -0.05) is 12.0 Å². The van der Waals surface area contributed by atoms with E-state index in [0.29, 0.717) is 42.1 Å². The molecule has 0 N–H and O–H groups in total. The van der Waals surface area contributed by atoms with Crippen LogP contribution < -0.4 is 4.74 Å². The molecule has 0 radical (unpaired) electrons. The lowest BCUT2D eigenvalue weighted by Crippen LogP contribution is -2.46. The molecule has 0 bridgehead atoms. The molecule has 9 heteroatoms. The van der Waals surface area contributed by atoms with Gasteiger partial charge in [0.05, 0.1) is 22.6 Å². The highest BCUT2D eigenvalue weighted by Gasteiger charge is 2.37. The molecule has 0 unspecified atom stereocenters. The molecule has 3 amide bonds. The topological polar surface area (TPSA) is 76.2 Å². The van der Waals surface area contributed by atoms with E-state index in [9.17, 15) is 14.4 Å². The maximum absolute atomic E-state index is 12.6. The number of carbonyl (C=O) groups excluding carboxylic acids is 3. The van der Waals surface area contributed by atoms with E-state index in [0.717, 1.165) is 16.7 Å². The molecule has 1 aromatic rings. The molecule has 2 fully saturated rings. The Morgan fingerprint density at radius 2 is 2.11 bits per heavy atom. The maximum atomic E-state index is 12.6. The minimum absolute atomic E-state index is 0.147. The zero-order chi connectivity index (χ0) is 20.1. The minimum atomic E-state index is -0.472. The predicted molar refractivity (Wildman–Crippen MR) is 109 cm³/mol. The van der Waals surface area contributed by atoms with Crippen molar-refractivity contribution in [2.75, 3.05) is 39.5 Å². The van der Waals surface area contributed by atoms with Crippen molar-refractivity contribution in [3.8, 4) is 18.1 Å². The van der Waals surface area contributed by atoms with Crippen LogP contribution >= 0.6 is 27.7 Å². The summed E-state index contributed by atoms with van der Waals surface area (Å²) in [6.07, 6.45) is 6.79. The number of carbonyl (C=O) groups is 3. The van der Waals surface area contributed by atoms with Crippen LogP contribution in [-0.4, -0.2) is 66.3 Å². The van der Waals surface area contributed by atoms with Crippen molar-refractivity contribution in [3.05, 3.63) is 33.1 Å². The lowest BCUT2D eigenvalue weighted by Gasteiger charge is -2.28. The van der Waals surface area contributed by atoms with Crippen molar-refractivity contribution in [2.45, 2.75) is 0 Å². The second-order valence-electron chi connectivity index (χ2n) is 5.94. The van der Waals surface area contributed by atoms with E-state index in [1.54, 1.807) is 29.2 Å². The van der Waals surface area contributed by atoms with Crippen LogP contribution in [0.4, 0.5) is 4.79 Å². The predicted octanol–water partition coefficient (Wildman–Crippen LogP) is 2.36. The monoisotopic (exact) mass is 464 g/mol. The average molecular weight is 465 g/mol. The number of thioether (sulfide) groups is 1. The molecule has 1 aromatic carbocycles. The van der Waals surface area contributed by atoms with Gasteiger partial charge in [0.15, 0.2) is 0 Å². The normalized spacial score (nSPS) is 18.5. The number of rotatable bonds is 5. The summed E-state index contributed by atoms with van der Waals surface area (Å²) in [5.74, 6) is 2.24. The number of ether oxygens (including phenoxy) is 2. The fourth-order valence-electron chi connectivity index (χ4n) is 2.68. The van der Waals surface area contributed by atoms with Crippen LogP contribution in [-0.2, 0) is 14.3 Å². The quantitative estimate of drug-likeness (QED) is 0.491. The van der Waals surface area contributed by atoms with Gasteiger partial charge in [-0.15, -0.1) is 6.42 Å². The van der Waals surface area contributed by atoms with Crippen molar-refractivity contribution >= 4 is 50.8 Å². The molecule has 7 nitrogen and oxygen atoms in total. The Morgan fingerprint density at radius 3 is 2.79 bits per heavy atom. The first-order valence-corrected chi connectivity index (χ1v) is 10.1. The molecule has 146 valence electrons. The highest BCUT2D eigenvalue weighted by Crippen LogP contribution is 2.33. The first-order valence-electron chi connectivity index (χ1n) is 8.46. The van der Waals surface area contributed by atoms with Crippen molar-refractivity contribution in [1.82, 2.24) is 9.80 Å². The molecule has 0 aliphatic carbocycles. The van der Waals surface area contributed by atoms with Crippen LogP contribution in [0.5, 0.6) is 5.75 Å². The summed E-state index contributed by atoms with van der Waals surface area (Å²) in [4.78, 5) is 40.0. The molecule has 0 aromatic heterocycles. The van der Waals surface area contributed by atoms with E-state index in [-0.39, 0.29) is 24.0 Å². The SMILES string of the molecule is C#CCOc1ccc(/C=C2/SC(=O)N(CC(=O)N3CCOCC3)C2=O)cc1Br. The summed E-state index contributed by atoms with van der Waals surface area (Å²) in [7, 11) is 0. The standard InChI is InChI=1S/C19H17BrN2O5S/c1-2-7-27-15-4-3-13(10-14(15)20)11-16-18(24)22(19(25)28-16)12-17(23)21-5-8-26-9-6-21/h1,3-4,10-11H,5-9,12H2/b16-11+. The first-order chi connectivity index (χ1) is 13.5. The van der Waals surface area contributed by atoms with E-state index in [1.807, 2.05) is 0 Å². The fraction of sp³-hybridized carbons (Fsp3) is 0.316. The smallest absolute Gasteiger partial charge is 0.294 e. The zero-order valence-electron chi connectivity index (χ0n) is 14.9. The van der Waals surface area contributed by atoms with Crippen molar-refractivity contribution in [3.63, 3.8) is 0 Å². The summed E-state index contributed by atoms with van der Waals surface area (Å²) >= 11 is 4.21. The highest BCUT2D eigenvalue weighted by molar-refractivity contribution is 9.10. The average Bonchev–Trinajstić information content (AvgIpc) is 2.95. The third kappa shape index (κ3) is 4.76. The van der Waals surface area contributed by atoms with Gasteiger partial charge in [0.25, 0.3) is 11.1 Å². The molecule has 0 atom stereocenters. The molecule has 2 aliphatic heterocycles. The molecule has 2 saturated heterocycles. The third-order valence-corrected chi connectivity index (χ3v) is 5.62. The number of amides is 3. The van der Waals surface area contributed by atoms with Crippen LogP contribution in [0.15, 0.2) is 27.6 Å². The lowest BCUT2D eigenvalue weighted by molar-refractivity contribution is -0.139. The number of terminal acetylenes is 1. The van der Waals surface area contributed by atoms with Crippen LogP contribution in [0.3, 0.4) is 0 Å². The molecular formula is C19H17BrN2O5S. The Kier molecular flexibility index (Phi) is 6.78. The lowest BCUT2D eigenvalue weighted by atomic mass is 10.2. The second-order valence-corrected chi connectivity index (χ2v) is 7.79. The van der Waals surface area contributed by atoms with E-state index >= 15 is 0 Å². The molecule has 0 spiro atoms. The van der Waals surface area contributed by atoms with E-state index in [4.69, 9.17) is 15.9 Å². The first kappa shape index (κ1) is 20.5. The molecule has 2 aliphatic rings. The fourth-order valence-corrected chi connectivity index (χ4v) is 4.03. The number of imide groups is 1. The van der Waals surface area contributed by atoms with Crippen LogP contribution in [0.2, 0.25) is 0 Å². The number of morpholine rings is 1. The Balaban J connectivity index is 1.69. The number of nitrogens with zero attached hydrogens (tertiary/aromatic N) is 2. The highest BCUT2D eigenvalue weighted by atomic mass is 79.9. The second kappa shape index (κ2) is 9.28.